The van der Waals surface area contributed by atoms with E-state index in [1.165, 1.54) is 18.4 Å². The van der Waals surface area contributed by atoms with Crippen LogP contribution in [0, 0.1) is 0 Å². The van der Waals surface area contributed by atoms with E-state index in [1.807, 2.05) is 0 Å². The standard InChI is InChI=1S/C11H12F3NO3S/c1-6(16)7-3-8(19-5-7)10(18)15(2)4-9(17)11(12,13)14/h3,5,9,17H,4H2,1-2H3/t9-/m1/s1. The van der Waals surface area contributed by atoms with Crippen LogP contribution in [0.5, 0.6) is 0 Å². The van der Waals surface area contributed by atoms with Gasteiger partial charge in [0.2, 0.25) is 0 Å². The Balaban J connectivity index is 2.74. The zero-order chi connectivity index (χ0) is 14.8. The highest BCUT2D eigenvalue weighted by Crippen LogP contribution is 2.22. The third-order valence-electron chi connectivity index (χ3n) is 2.39. The van der Waals surface area contributed by atoms with Crippen molar-refractivity contribution in [1.82, 2.24) is 4.90 Å². The van der Waals surface area contributed by atoms with Gasteiger partial charge >= 0.3 is 6.18 Å². The number of carbonyl (C=O) groups is 2. The van der Waals surface area contributed by atoms with Crippen molar-refractivity contribution >= 4 is 23.0 Å². The number of likely N-dealkylation sites (N-methyl/N-ethyl adjacent to an activating group) is 1. The lowest BCUT2D eigenvalue weighted by Crippen LogP contribution is -2.41. The third-order valence-corrected chi connectivity index (χ3v) is 3.31. The van der Waals surface area contributed by atoms with Crippen LogP contribution in [0.15, 0.2) is 11.4 Å². The number of thiophene rings is 1. The first-order valence-corrected chi connectivity index (χ1v) is 6.10. The molecule has 0 radical (unpaired) electrons. The van der Waals surface area contributed by atoms with Gasteiger partial charge < -0.3 is 10.0 Å². The molecule has 4 nitrogen and oxygen atoms in total. The van der Waals surface area contributed by atoms with E-state index in [0.29, 0.717) is 5.56 Å². The van der Waals surface area contributed by atoms with Gasteiger partial charge in [-0.1, -0.05) is 0 Å². The molecule has 0 unspecified atom stereocenters. The second kappa shape index (κ2) is 5.70. The average Bonchev–Trinajstić information content (AvgIpc) is 2.75. The van der Waals surface area contributed by atoms with E-state index in [1.54, 1.807) is 0 Å². The Morgan fingerprint density at radius 3 is 2.47 bits per heavy atom. The number of alkyl halides is 3. The molecule has 0 fully saturated rings. The van der Waals surface area contributed by atoms with Crippen LogP contribution in [0.2, 0.25) is 0 Å². The zero-order valence-corrected chi connectivity index (χ0v) is 11.0. The van der Waals surface area contributed by atoms with Crippen LogP contribution >= 0.6 is 11.3 Å². The monoisotopic (exact) mass is 295 g/mol. The Bertz CT molecular complexity index is 484. The van der Waals surface area contributed by atoms with Crippen LogP contribution in [0.1, 0.15) is 27.0 Å². The van der Waals surface area contributed by atoms with Gasteiger partial charge in [0.1, 0.15) is 0 Å². The van der Waals surface area contributed by atoms with Gasteiger partial charge in [0.05, 0.1) is 11.4 Å². The summed E-state index contributed by atoms with van der Waals surface area (Å²) in [6.45, 7) is 0.475. The van der Waals surface area contributed by atoms with Gasteiger partial charge in [0.25, 0.3) is 5.91 Å². The molecule has 19 heavy (non-hydrogen) atoms. The number of hydrogen-bond acceptors (Lipinski definition) is 4. The molecule has 0 aliphatic carbocycles. The van der Waals surface area contributed by atoms with Crippen molar-refractivity contribution in [2.75, 3.05) is 13.6 Å². The van der Waals surface area contributed by atoms with E-state index in [-0.39, 0.29) is 10.7 Å². The lowest BCUT2D eigenvalue weighted by atomic mass is 10.2. The second-order valence-electron chi connectivity index (χ2n) is 4.00. The number of halogens is 3. The molecule has 1 amide bonds. The summed E-state index contributed by atoms with van der Waals surface area (Å²) in [6, 6.07) is 1.33. The lowest BCUT2D eigenvalue weighted by Gasteiger charge is -2.21. The number of hydrogen-bond donors (Lipinski definition) is 1. The minimum absolute atomic E-state index is 0.155. The van der Waals surface area contributed by atoms with Gasteiger partial charge in [-0.3, -0.25) is 9.59 Å². The van der Waals surface area contributed by atoms with Gasteiger partial charge in [0, 0.05) is 18.0 Å². The van der Waals surface area contributed by atoms with E-state index in [2.05, 4.69) is 0 Å². The number of aliphatic hydroxyl groups is 1. The molecule has 1 rings (SSSR count). The van der Waals surface area contributed by atoms with Gasteiger partial charge in [-0.05, 0) is 13.0 Å². The fourth-order valence-corrected chi connectivity index (χ4v) is 2.21. The van der Waals surface area contributed by atoms with Crippen molar-refractivity contribution in [2.45, 2.75) is 19.2 Å². The molecule has 0 aliphatic rings. The first-order valence-electron chi connectivity index (χ1n) is 5.22. The second-order valence-corrected chi connectivity index (χ2v) is 4.91. The number of ketones is 1. The maximum Gasteiger partial charge on any atom is 0.416 e. The van der Waals surface area contributed by atoms with Crippen molar-refractivity contribution < 1.29 is 27.9 Å². The molecule has 0 saturated heterocycles. The minimum atomic E-state index is -4.77. The van der Waals surface area contributed by atoms with E-state index < -0.39 is 24.7 Å². The molecular formula is C11H12F3NO3S. The molecule has 1 atom stereocenters. The number of Topliss-reactive ketones (excluding diaryl/α,β-unsaturated/α-hetero) is 1. The predicted molar refractivity (Wildman–Crippen MR) is 63.3 cm³/mol. The van der Waals surface area contributed by atoms with Crippen LogP contribution in [0.3, 0.4) is 0 Å². The van der Waals surface area contributed by atoms with E-state index in [4.69, 9.17) is 5.11 Å². The summed E-state index contributed by atoms with van der Waals surface area (Å²) in [4.78, 5) is 23.8. The fourth-order valence-electron chi connectivity index (χ4n) is 1.27. The molecule has 0 spiro atoms. The summed E-state index contributed by atoms with van der Waals surface area (Å²) < 4.78 is 36.5. The maximum absolute atomic E-state index is 12.2. The zero-order valence-electron chi connectivity index (χ0n) is 10.2. The minimum Gasteiger partial charge on any atom is -0.382 e. The quantitative estimate of drug-likeness (QED) is 0.864. The summed E-state index contributed by atoms with van der Waals surface area (Å²) in [5, 5.41) is 10.3. The normalized spacial score (nSPS) is 13.2. The summed E-state index contributed by atoms with van der Waals surface area (Å²) in [5.41, 5.74) is 0.332. The van der Waals surface area contributed by atoms with Crippen molar-refractivity contribution in [3.05, 3.63) is 21.9 Å². The topological polar surface area (TPSA) is 57.6 Å². The van der Waals surface area contributed by atoms with Gasteiger partial charge in [0.15, 0.2) is 11.9 Å². The number of aliphatic hydroxyl groups excluding tert-OH is 1. The molecular weight excluding hydrogens is 283 g/mol. The predicted octanol–water partition coefficient (Wildman–Crippen LogP) is 1.95. The number of rotatable bonds is 4. The molecule has 0 bridgehead atoms. The molecule has 106 valence electrons. The fraction of sp³-hybridized carbons (Fsp3) is 0.455. The van der Waals surface area contributed by atoms with Crippen LogP contribution in [-0.2, 0) is 0 Å². The highest BCUT2D eigenvalue weighted by molar-refractivity contribution is 7.12. The Morgan fingerprint density at radius 2 is 2.05 bits per heavy atom. The molecule has 0 aromatic carbocycles. The summed E-state index contributed by atoms with van der Waals surface area (Å²) in [7, 11) is 1.16. The van der Waals surface area contributed by atoms with Crippen LogP contribution in [0.25, 0.3) is 0 Å². The third kappa shape index (κ3) is 4.03. The molecule has 1 aromatic rings. The SMILES string of the molecule is CC(=O)c1csc(C(=O)N(C)C[C@@H](O)C(F)(F)F)c1. The van der Waals surface area contributed by atoms with E-state index in [0.717, 1.165) is 23.3 Å². The summed E-state index contributed by atoms with van der Waals surface area (Å²) >= 11 is 0.974. The van der Waals surface area contributed by atoms with Gasteiger partial charge in [-0.2, -0.15) is 13.2 Å². The Labute approximate surface area is 111 Å². The van der Waals surface area contributed by atoms with Crippen LogP contribution in [-0.4, -0.2) is 47.6 Å². The smallest absolute Gasteiger partial charge is 0.382 e. The highest BCUT2D eigenvalue weighted by Gasteiger charge is 2.39. The van der Waals surface area contributed by atoms with Crippen molar-refractivity contribution in [2.24, 2.45) is 0 Å². The molecule has 1 aromatic heterocycles. The number of carbonyl (C=O) groups excluding carboxylic acids is 2. The first-order chi connectivity index (χ1) is 8.62. The molecule has 1 heterocycles. The van der Waals surface area contributed by atoms with Crippen LogP contribution < -0.4 is 0 Å². The molecule has 0 aliphatic heterocycles. The summed E-state index contributed by atoms with van der Waals surface area (Å²) in [6.07, 6.45) is -7.36. The molecule has 1 N–H and O–H groups in total. The first kappa shape index (κ1) is 15.6. The Morgan fingerprint density at radius 1 is 1.47 bits per heavy atom. The lowest BCUT2D eigenvalue weighted by molar-refractivity contribution is -0.205. The molecule has 8 heteroatoms. The number of amides is 1. The largest absolute Gasteiger partial charge is 0.416 e. The Hall–Kier alpha value is -1.41. The molecule has 0 saturated carbocycles. The maximum atomic E-state index is 12.2. The van der Waals surface area contributed by atoms with E-state index in [9.17, 15) is 22.8 Å². The van der Waals surface area contributed by atoms with Gasteiger partial charge in [-0.15, -0.1) is 11.3 Å². The number of nitrogens with zero attached hydrogens (tertiary/aromatic N) is 1. The summed E-state index contributed by atoms with van der Waals surface area (Å²) in [5.74, 6) is -0.894. The Kier molecular flexibility index (Phi) is 4.70. The van der Waals surface area contributed by atoms with Crippen molar-refractivity contribution in [3.8, 4) is 0 Å². The van der Waals surface area contributed by atoms with Crippen molar-refractivity contribution in [3.63, 3.8) is 0 Å². The average molecular weight is 295 g/mol. The van der Waals surface area contributed by atoms with E-state index >= 15 is 0 Å². The highest BCUT2D eigenvalue weighted by atomic mass is 32.1. The van der Waals surface area contributed by atoms with Gasteiger partial charge in [-0.25, -0.2) is 0 Å². The van der Waals surface area contributed by atoms with Crippen molar-refractivity contribution in [1.29, 1.82) is 0 Å². The van der Waals surface area contributed by atoms with Crippen LogP contribution in [0.4, 0.5) is 13.2 Å².